The van der Waals surface area contributed by atoms with E-state index in [0.717, 1.165) is 0 Å². The Labute approximate surface area is 124 Å². The van der Waals surface area contributed by atoms with Gasteiger partial charge in [0.25, 0.3) is 5.91 Å². The number of fused-ring (bicyclic) bond motifs is 1. The van der Waals surface area contributed by atoms with Crippen LogP contribution < -0.4 is 5.43 Å². The van der Waals surface area contributed by atoms with E-state index >= 15 is 0 Å². The summed E-state index contributed by atoms with van der Waals surface area (Å²) in [5.74, 6) is -0.201. The molecule has 0 radical (unpaired) electrons. The number of likely N-dealkylation sites (N-methyl/N-ethyl adjacent to an activating group) is 1. The number of carbonyl (C=O) groups is 1. The highest BCUT2D eigenvalue weighted by atomic mass is 32.2. The average Bonchev–Trinajstić information content (AvgIpc) is 2.70. The first kappa shape index (κ1) is 13.1. The molecule has 2 heterocycles. The average molecular weight is 303 g/mol. The molecular weight excluding hydrogens is 294 g/mol. The first-order valence-corrected chi connectivity index (χ1v) is 7.02. The lowest BCUT2D eigenvalue weighted by atomic mass is 10.1. The molecule has 4 nitrogen and oxygen atoms in total. The highest BCUT2D eigenvalue weighted by molar-refractivity contribution is 8.26. The Morgan fingerprint density at radius 2 is 2.05 bits per heavy atom. The second-order valence-corrected chi connectivity index (χ2v) is 5.93. The van der Waals surface area contributed by atoms with Gasteiger partial charge in [-0.15, -0.1) is 0 Å². The van der Waals surface area contributed by atoms with E-state index in [1.165, 1.54) is 29.0 Å². The van der Waals surface area contributed by atoms with Gasteiger partial charge in [-0.3, -0.25) is 14.5 Å². The SMILES string of the molecule is CN1C(=O)/C(=C\c2coc3ccccc3c2=O)SC1=S. The lowest BCUT2D eigenvalue weighted by Crippen LogP contribution is -2.22. The van der Waals surface area contributed by atoms with Crippen LogP contribution in [-0.2, 0) is 4.79 Å². The van der Waals surface area contributed by atoms with Crippen LogP contribution in [0.15, 0.2) is 44.6 Å². The highest BCUT2D eigenvalue weighted by Gasteiger charge is 2.28. The molecule has 0 spiro atoms. The number of para-hydroxylation sites is 1. The molecule has 2 aromatic rings. The summed E-state index contributed by atoms with van der Waals surface area (Å²) in [6.45, 7) is 0. The number of benzene rings is 1. The van der Waals surface area contributed by atoms with Crippen molar-refractivity contribution in [2.24, 2.45) is 0 Å². The molecular formula is C14H9NO3S2. The van der Waals surface area contributed by atoms with Crippen molar-refractivity contribution in [1.29, 1.82) is 0 Å². The van der Waals surface area contributed by atoms with Gasteiger partial charge >= 0.3 is 0 Å². The molecule has 1 aromatic heterocycles. The van der Waals surface area contributed by atoms with Crippen molar-refractivity contribution < 1.29 is 9.21 Å². The minimum atomic E-state index is -0.201. The Bertz CT molecular complexity index is 823. The van der Waals surface area contributed by atoms with E-state index in [2.05, 4.69) is 0 Å². The molecule has 1 aromatic carbocycles. The van der Waals surface area contributed by atoms with Crippen molar-refractivity contribution in [3.05, 3.63) is 51.2 Å². The molecule has 0 aliphatic carbocycles. The number of thiocarbonyl (C=S) groups is 1. The van der Waals surface area contributed by atoms with E-state index < -0.39 is 0 Å². The lowest BCUT2D eigenvalue weighted by Gasteiger charge is -2.03. The molecule has 0 bridgehead atoms. The van der Waals surface area contributed by atoms with Crippen molar-refractivity contribution in [3.63, 3.8) is 0 Å². The fourth-order valence-electron chi connectivity index (χ4n) is 1.88. The van der Waals surface area contributed by atoms with E-state index in [0.29, 0.717) is 25.8 Å². The predicted molar refractivity (Wildman–Crippen MR) is 83.4 cm³/mol. The Balaban J connectivity index is 2.13. The van der Waals surface area contributed by atoms with Gasteiger partial charge in [-0.25, -0.2) is 0 Å². The van der Waals surface area contributed by atoms with Crippen LogP contribution in [0.5, 0.6) is 0 Å². The number of hydrogen-bond donors (Lipinski definition) is 0. The summed E-state index contributed by atoms with van der Waals surface area (Å²) >= 11 is 6.23. The zero-order valence-corrected chi connectivity index (χ0v) is 12.1. The second-order valence-electron chi connectivity index (χ2n) is 4.26. The standard InChI is InChI=1S/C14H9NO3S2/c1-15-13(17)11(20-14(15)19)6-8-7-18-10-5-3-2-4-9(10)12(8)16/h2-7H,1H3/b11-6+. The van der Waals surface area contributed by atoms with Crippen molar-refractivity contribution in [2.45, 2.75) is 0 Å². The van der Waals surface area contributed by atoms with Crippen molar-refractivity contribution in [2.75, 3.05) is 7.05 Å². The third-order valence-corrected chi connectivity index (χ3v) is 4.46. The first-order valence-electron chi connectivity index (χ1n) is 5.80. The van der Waals surface area contributed by atoms with Crippen molar-refractivity contribution >= 4 is 51.3 Å². The maximum atomic E-state index is 12.3. The molecule has 0 atom stereocenters. The maximum absolute atomic E-state index is 12.3. The Hall–Kier alpha value is -1.92. The number of amides is 1. The molecule has 1 aliphatic rings. The van der Waals surface area contributed by atoms with E-state index in [-0.39, 0.29) is 11.3 Å². The predicted octanol–water partition coefficient (Wildman–Crippen LogP) is 2.62. The van der Waals surface area contributed by atoms with Crippen LogP contribution in [-0.4, -0.2) is 22.2 Å². The van der Waals surface area contributed by atoms with Gasteiger partial charge in [0.05, 0.1) is 15.9 Å². The zero-order chi connectivity index (χ0) is 14.3. The smallest absolute Gasteiger partial charge is 0.265 e. The number of carbonyl (C=O) groups excluding carboxylic acids is 1. The molecule has 1 saturated heterocycles. The van der Waals surface area contributed by atoms with Crippen LogP contribution in [0, 0.1) is 0 Å². The molecule has 1 amide bonds. The summed E-state index contributed by atoms with van der Waals surface area (Å²) in [4.78, 5) is 26.0. The van der Waals surface area contributed by atoms with E-state index in [1.54, 1.807) is 31.3 Å². The van der Waals surface area contributed by atoms with Crippen LogP contribution in [0.4, 0.5) is 0 Å². The zero-order valence-electron chi connectivity index (χ0n) is 10.5. The summed E-state index contributed by atoms with van der Waals surface area (Å²) < 4.78 is 5.89. The van der Waals surface area contributed by atoms with Gasteiger partial charge in [0.2, 0.25) is 0 Å². The third kappa shape index (κ3) is 2.07. The molecule has 100 valence electrons. The van der Waals surface area contributed by atoms with Gasteiger partial charge in [-0.2, -0.15) is 0 Å². The molecule has 1 fully saturated rings. The highest BCUT2D eigenvalue weighted by Crippen LogP contribution is 2.31. The largest absolute Gasteiger partial charge is 0.463 e. The summed E-state index contributed by atoms with van der Waals surface area (Å²) in [7, 11) is 1.61. The first-order chi connectivity index (χ1) is 9.58. The van der Waals surface area contributed by atoms with Gasteiger partial charge in [0.15, 0.2) is 5.43 Å². The molecule has 20 heavy (non-hydrogen) atoms. The van der Waals surface area contributed by atoms with Gasteiger partial charge in [0.1, 0.15) is 16.2 Å². The Morgan fingerprint density at radius 3 is 2.75 bits per heavy atom. The minimum absolute atomic E-state index is 0.159. The van der Waals surface area contributed by atoms with Gasteiger partial charge in [-0.1, -0.05) is 36.1 Å². The van der Waals surface area contributed by atoms with Gasteiger partial charge in [0, 0.05) is 7.05 Å². The molecule has 6 heteroatoms. The monoisotopic (exact) mass is 303 g/mol. The van der Waals surface area contributed by atoms with Crippen molar-refractivity contribution in [1.82, 2.24) is 4.90 Å². The third-order valence-electron chi connectivity index (χ3n) is 2.98. The van der Waals surface area contributed by atoms with Crippen LogP contribution in [0.25, 0.3) is 17.0 Å². The Kier molecular flexibility index (Phi) is 3.19. The van der Waals surface area contributed by atoms with E-state index in [4.69, 9.17) is 16.6 Å². The molecule has 0 saturated carbocycles. The van der Waals surface area contributed by atoms with Crippen molar-refractivity contribution in [3.8, 4) is 0 Å². The molecule has 1 aliphatic heterocycles. The molecule has 0 unspecified atom stereocenters. The molecule has 3 rings (SSSR count). The van der Waals surface area contributed by atoms with Gasteiger partial charge < -0.3 is 4.42 Å². The minimum Gasteiger partial charge on any atom is -0.463 e. The number of hydrogen-bond acceptors (Lipinski definition) is 5. The van der Waals surface area contributed by atoms with Crippen LogP contribution >= 0.6 is 24.0 Å². The maximum Gasteiger partial charge on any atom is 0.265 e. The summed E-state index contributed by atoms with van der Waals surface area (Å²) in [6.07, 6.45) is 2.90. The number of thioether (sulfide) groups is 1. The quantitative estimate of drug-likeness (QED) is 0.599. The van der Waals surface area contributed by atoms with Crippen LogP contribution in [0.1, 0.15) is 5.56 Å². The normalized spacial score (nSPS) is 17.4. The van der Waals surface area contributed by atoms with Crippen LogP contribution in [0.2, 0.25) is 0 Å². The van der Waals surface area contributed by atoms with E-state index in [1.807, 2.05) is 0 Å². The topological polar surface area (TPSA) is 50.5 Å². The second kappa shape index (κ2) is 4.88. The summed E-state index contributed by atoms with van der Waals surface area (Å²) in [5.41, 5.74) is 0.712. The Morgan fingerprint density at radius 1 is 1.30 bits per heavy atom. The summed E-state index contributed by atoms with van der Waals surface area (Å²) in [6, 6.07) is 7.00. The fraction of sp³-hybridized carbons (Fsp3) is 0.0714. The van der Waals surface area contributed by atoms with E-state index in [9.17, 15) is 9.59 Å². The fourth-order valence-corrected chi connectivity index (χ4v) is 3.05. The number of nitrogens with zero attached hydrogens (tertiary/aromatic N) is 1. The lowest BCUT2D eigenvalue weighted by molar-refractivity contribution is -0.121. The summed E-state index contributed by atoms with van der Waals surface area (Å²) in [5, 5.41) is 0.494. The van der Waals surface area contributed by atoms with Gasteiger partial charge in [-0.05, 0) is 18.2 Å². The number of rotatable bonds is 1. The molecule has 0 N–H and O–H groups in total. The van der Waals surface area contributed by atoms with Crippen LogP contribution in [0.3, 0.4) is 0 Å².